The Morgan fingerprint density at radius 1 is 1.13 bits per heavy atom. The summed E-state index contributed by atoms with van der Waals surface area (Å²) in [7, 11) is 0. The summed E-state index contributed by atoms with van der Waals surface area (Å²) in [5.74, 6) is 0.606. The first-order valence-corrected chi connectivity index (χ1v) is 10.5. The van der Waals surface area contributed by atoms with Crippen molar-refractivity contribution in [2.24, 2.45) is 5.41 Å². The van der Waals surface area contributed by atoms with E-state index in [1.807, 2.05) is 12.3 Å². The molecule has 30 heavy (non-hydrogen) atoms. The summed E-state index contributed by atoms with van der Waals surface area (Å²) in [6.07, 6.45) is 10.5. The lowest BCUT2D eigenvalue weighted by Crippen LogP contribution is -2.36. The van der Waals surface area contributed by atoms with Crippen LogP contribution >= 0.6 is 0 Å². The van der Waals surface area contributed by atoms with Crippen LogP contribution in [0.25, 0.3) is 5.57 Å². The van der Waals surface area contributed by atoms with E-state index in [2.05, 4.69) is 82.9 Å². The van der Waals surface area contributed by atoms with Crippen molar-refractivity contribution in [1.82, 2.24) is 15.3 Å². The molecule has 1 fully saturated rings. The Morgan fingerprint density at radius 2 is 1.93 bits per heavy atom. The van der Waals surface area contributed by atoms with Gasteiger partial charge in [0, 0.05) is 47.3 Å². The first kappa shape index (κ1) is 18.9. The molecule has 6 nitrogen and oxygen atoms in total. The maximum Gasteiger partial charge on any atom is 0.227 e. The highest BCUT2D eigenvalue weighted by Crippen LogP contribution is 2.46. The van der Waals surface area contributed by atoms with Crippen molar-refractivity contribution in [1.29, 1.82) is 0 Å². The minimum atomic E-state index is -0.107. The van der Waals surface area contributed by atoms with E-state index in [4.69, 9.17) is 9.72 Å². The lowest BCUT2D eigenvalue weighted by molar-refractivity contribution is 0.122. The Hall–Kier alpha value is -3.12. The molecule has 6 heteroatoms. The van der Waals surface area contributed by atoms with Crippen LogP contribution in [0, 0.1) is 5.41 Å². The van der Waals surface area contributed by atoms with Crippen LogP contribution in [-0.2, 0) is 4.74 Å². The van der Waals surface area contributed by atoms with Gasteiger partial charge in [0.2, 0.25) is 5.95 Å². The first-order valence-electron chi connectivity index (χ1n) is 10.5. The third-order valence-electron chi connectivity index (χ3n) is 6.20. The van der Waals surface area contributed by atoms with Gasteiger partial charge in [-0.25, -0.2) is 9.97 Å². The van der Waals surface area contributed by atoms with Crippen LogP contribution in [0.1, 0.15) is 19.5 Å². The zero-order valence-electron chi connectivity index (χ0n) is 17.4. The molecule has 1 aromatic heterocycles. The van der Waals surface area contributed by atoms with Crippen molar-refractivity contribution < 1.29 is 4.74 Å². The number of benzene rings is 1. The van der Waals surface area contributed by atoms with E-state index >= 15 is 0 Å². The smallest absolute Gasteiger partial charge is 0.227 e. The molecule has 0 amide bonds. The molecule has 3 aliphatic rings. The van der Waals surface area contributed by atoms with Crippen molar-refractivity contribution in [3.05, 3.63) is 72.2 Å². The lowest BCUT2D eigenvalue weighted by atomic mass is 9.74. The Morgan fingerprint density at radius 3 is 2.73 bits per heavy atom. The van der Waals surface area contributed by atoms with Crippen LogP contribution in [0.2, 0.25) is 0 Å². The average Bonchev–Trinajstić information content (AvgIpc) is 3.05. The van der Waals surface area contributed by atoms with Crippen LogP contribution in [0.5, 0.6) is 0 Å². The largest absolute Gasteiger partial charge is 0.381 e. The second-order valence-electron chi connectivity index (χ2n) is 8.19. The number of fused-ring (bicyclic) bond motifs is 1. The van der Waals surface area contributed by atoms with Gasteiger partial charge in [0.05, 0.1) is 24.9 Å². The van der Waals surface area contributed by atoms with Gasteiger partial charge in [0.15, 0.2) is 0 Å². The number of aromatic nitrogens is 2. The van der Waals surface area contributed by atoms with E-state index in [0.717, 1.165) is 37.7 Å². The number of rotatable bonds is 4. The molecule has 2 N–H and O–H groups in total. The van der Waals surface area contributed by atoms with Crippen molar-refractivity contribution in [2.45, 2.75) is 19.9 Å². The summed E-state index contributed by atoms with van der Waals surface area (Å²) >= 11 is 0. The Bertz CT molecular complexity index is 1020. The molecule has 0 spiro atoms. The van der Waals surface area contributed by atoms with Gasteiger partial charge in [-0.2, -0.15) is 0 Å². The Labute approximate surface area is 177 Å². The third kappa shape index (κ3) is 3.37. The van der Waals surface area contributed by atoms with Gasteiger partial charge in [0.25, 0.3) is 0 Å². The molecule has 0 radical (unpaired) electrons. The normalized spacial score (nSPS) is 25.3. The highest BCUT2D eigenvalue weighted by molar-refractivity contribution is 5.77. The Balaban J connectivity index is 1.36. The minimum absolute atomic E-state index is 0.107. The summed E-state index contributed by atoms with van der Waals surface area (Å²) in [6, 6.07) is 10.7. The van der Waals surface area contributed by atoms with E-state index in [1.54, 1.807) is 0 Å². The Kier molecular flexibility index (Phi) is 4.79. The zero-order chi connectivity index (χ0) is 20.6. The molecule has 154 valence electrons. The highest BCUT2D eigenvalue weighted by Gasteiger charge is 2.42. The molecule has 2 atom stereocenters. The van der Waals surface area contributed by atoms with Gasteiger partial charge in [-0.3, -0.25) is 0 Å². The molecule has 1 saturated heterocycles. The number of hydrogen-bond donors (Lipinski definition) is 2. The summed E-state index contributed by atoms with van der Waals surface area (Å²) in [5.41, 5.74) is 5.42. The highest BCUT2D eigenvalue weighted by atomic mass is 16.5. The van der Waals surface area contributed by atoms with Crippen LogP contribution in [-0.4, -0.2) is 42.3 Å². The molecule has 1 aromatic carbocycles. The fraction of sp³-hybridized carbons (Fsp3) is 0.333. The molecule has 5 rings (SSSR count). The van der Waals surface area contributed by atoms with Crippen molar-refractivity contribution in [3.8, 4) is 0 Å². The number of nitrogens with one attached hydrogen (secondary N) is 2. The quantitative estimate of drug-likeness (QED) is 0.810. The van der Waals surface area contributed by atoms with Crippen molar-refractivity contribution in [3.63, 3.8) is 0 Å². The number of allylic oxidation sites excluding steroid dienone is 3. The predicted octanol–water partition coefficient (Wildman–Crippen LogP) is 3.89. The van der Waals surface area contributed by atoms with Crippen molar-refractivity contribution in [2.75, 3.05) is 36.5 Å². The van der Waals surface area contributed by atoms with Gasteiger partial charge in [-0.05, 0) is 44.2 Å². The van der Waals surface area contributed by atoms with Gasteiger partial charge in [0.1, 0.15) is 0 Å². The molecular weight excluding hydrogens is 374 g/mol. The van der Waals surface area contributed by atoms with E-state index in [1.165, 1.54) is 17.0 Å². The zero-order valence-corrected chi connectivity index (χ0v) is 17.4. The van der Waals surface area contributed by atoms with Crippen LogP contribution in [0.4, 0.5) is 17.3 Å². The monoisotopic (exact) mass is 401 g/mol. The second kappa shape index (κ2) is 7.61. The summed E-state index contributed by atoms with van der Waals surface area (Å²) in [5, 5.41) is 6.96. The molecule has 2 aliphatic heterocycles. The molecule has 0 saturated carbocycles. The lowest BCUT2D eigenvalue weighted by Gasteiger charge is -2.31. The maximum absolute atomic E-state index is 5.44. The van der Waals surface area contributed by atoms with Gasteiger partial charge >= 0.3 is 0 Å². The number of hydrogen-bond acceptors (Lipinski definition) is 6. The summed E-state index contributed by atoms with van der Waals surface area (Å²) in [4.78, 5) is 11.6. The first-order chi connectivity index (χ1) is 14.6. The van der Waals surface area contributed by atoms with Crippen molar-refractivity contribution >= 4 is 22.9 Å². The molecule has 1 aliphatic carbocycles. The fourth-order valence-corrected chi connectivity index (χ4v) is 4.61. The van der Waals surface area contributed by atoms with Crippen LogP contribution < -0.4 is 15.5 Å². The number of anilines is 3. The molecule has 3 heterocycles. The molecule has 2 aromatic rings. The average molecular weight is 402 g/mol. The minimum Gasteiger partial charge on any atom is -0.381 e. The second-order valence-corrected chi connectivity index (χ2v) is 8.19. The van der Waals surface area contributed by atoms with E-state index in [9.17, 15) is 0 Å². The van der Waals surface area contributed by atoms with Gasteiger partial charge in [-0.15, -0.1) is 0 Å². The molecular formula is C24H27N5O. The summed E-state index contributed by atoms with van der Waals surface area (Å²) in [6.45, 7) is 7.83. The number of nitrogens with zero attached hydrogens (tertiary/aromatic N) is 3. The SMILES string of the molecule is CC1=C(c2ccnc(Nc3ccc(N4CCOCC4)cc3)n2)C2(C)C=CC=CC2N1. The number of ether oxygens (including phenoxy) is 1. The number of morpholine rings is 1. The van der Waals surface area contributed by atoms with Gasteiger partial charge in [-0.1, -0.05) is 24.3 Å². The fourth-order valence-electron chi connectivity index (χ4n) is 4.61. The van der Waals surface area contributed by atoms with E-state index < -0.39 is 0 Å². The molecule has 0 bridgehead atoms. The van der Waals surface area contributed by atoms with Crippen LogP contribution in [0.15, 0.2) is 66.5 Å². The van der Waals surface area contributed by atoms with E-state index in [0.29, 0.717) is 5.95 Å². The summed E-state index contributed by atoms with van der Waals surface area (Å²) < 4.78 is 5.44. The maximum atomic E-state index is 5.44. The standard InChI is InChI=1S/C24H27N5O/c1-17-22(24(2)11-4-3-5-21(24)26-17)20-10-12-25-23(28-20)27-18-6-8-19(9-7-18)29-13-15-30-16-14-29/h3-12,21,26H,13-16H2,1-2H3,(H,25,27,28). The third-order valence-corrected chi connectivity index (χ3v) is 6.20. The molecule has 2 unspecified atom stereocenters. The predicted molar refractivity (Wildman–Crippen MR) is 121 cm³/mol. The topological polar surface area (TPSA) is 62.3 Å². The van der Waals surface area contributed by atoms with E-state index in [-0.39, 0.29) is 11.5 Å². The van der Waals surface area contributed by atoms with Crippen LogP contribution in [0.3, 0.4) is 0 Å². The van der Waals surface area contributed by atoms with Gasteiger partial charge < -0.3 is 20.3 Å².